The summed E-state index contributed by atoms with van der Waals surface area (Å²) in [6.45, 7) is -1.61. The van der Waals surface area contributed by atoms with Crippen molar-refractivity contribution in [3.63, 3.8) is 0 Å². The predicted molar refractivity (Wildman–Crippen MR) is 114 cm³/mol. The van der Waals surface area contributed by atoms with Gasteiger partial charge in [0.1, 0.15) is 12.6 Å². The maximum atomic E-state index is 12.3. The van der Waals surface area contributed by atoms with Crippen molar-refractivity contribution in [1.29, 1.82) is 0 Å². The Hall–Kier alpha value is -4.00. The van der Waals surface area contributed by atoms with Gasteiger partial charge in [-0.05, 0) is 12.0 Å². The van der Waals surface area contributed by atoms with Crippen molar-refractivity contribution < 1.29 is 39.0 Å². The number of hydrogen-bond donors (Lipinski definition) is 7. The van der Waals surface area contributed by atoms with Crippen LogP contribution in [0.2, 0.25) is 0 Å². The maximum Gasteiger partial charge on any atom is 0.322 e. The van der Waals surface area contributed by atoms with E-state index in [4.69, 9.17) is 15.9 Å². The minimum atomic E-state index is -1.25. The molecule has 33 heavy (non-hydrogen) atoms. The molecule has 0 bridgehead atoms. The van der Waals surface area contributed by atoms with E-state index < -0.39 is 67.3 Å². The molecule has 0 fully saturated rings. The Kier molecular flexibility index (Phi) is 11.6. The van der Waals surface area contributed by atoms with E-state index in [2.05, 4.69) is 21.3 Å². The highest BCUT2D eigenvalue weighted by Crippen LogP contribution is 2.03. The number of rotatable bonds is 14. The Morgan fingerprint density at radius 3 is 2.00 bits per heavy atom. The fourth-order valence-electron chi connectivity index (χ4n) is 2.54. The van der Waals surface area contributed by atoms with E-state index >= 15 is 0 Å². The Morgan fingerprint density at radius 1 is 0.788 bits per heavy atom. The third kappa shape index (κ3) is 11.8. The highest BCUT2D eigenvalue weighted by Gasteiger charge is 2.22. The first-order valence-corrected chi connectivity index (χ1v) is 9.93. The zero-order valence-electron chi connectivity index (χ0n) is 17.7. The topological polar surface area (TPSA) is 217 Å². The smallest absolute Gasteiger partial charge is 0.322 e. The summed E-state index contributed by atoms with van der Waals surface area (Å²) in [6.07, 6.45) is -0.306. The van der Waals surface area contributed by atoms with Crippen molar-refractivity contribution in [1.82, 2.24) is 21.3 Å². The molecule has 1 rings (SSSR count). The molecule has 13 heteroatoms. The van der Waals surface area contributed by atoms with E-state index in [-0.39, 0.29) is 19.3 Å². The van der Waals surface area contributed by atoms with Gasteiger partial charge < -0.3 is 37.2 Å². The van der Waals surface area contributed by atoms with Crippen molar-refractivity contribution in [3.8, 4) is 0 Å². The van der Waals surface area contributed by atoms with Gasteiger partial charge in [-0.2, -0.15) is 0 Å². The minimum Gasteiger partial charge on any atom is -0.481 e. The largest absolute Gasteiger partial charge is 0.481 e. The maximum absolute atomic E-state index is 12.3. The summed E-state index contributed by atoms with van der Waals surface area (Å²) in [6, 6.07) is 6.54. The lowest BCUT2D eigenvalue weighted by molar-refractivity contribution is -0.138. The number of benzene rings is 1. The zero-order valence-corrected chi connectivity index (χ0v) is 17.7. The highest BCUT2D eigenvalue weighted by atomic mass is 16.4. The lowest BCUT2D eigenvalue weighted by Crippen LogP contribution is -2.52. The molecule has 0 heterocycles. The van der Waals surface area contributed by atoms with Crippen LogP contribution in [0.15, 0.2) is 30.3 Å². The summed E-state index contributed by atoms with van der Waals surface area (Å²) < 4.78 is 0. The van der Waals surface area contributed by atoms with Gasteiger partial charge in [-0.25, -0.2) is 0 Å². The number of carboxylic acid groups (broad SMARTS) is 2. The van der Waals surface area contributed by atoms with Crippen LogP contribution in [0, 0.1) is 0 Å². The molecule has 0 aromatic heterocycles. The van der Waals surface area contributed by atoms with Gasteiger partial charge in [0.15, 0.2) is 0 Å². The monoisotopic (exact) mass is 465 g/mol. The molecule has 180 valence electrons. The standard InChI is InChI=1S/C20H27N5O8/c21-13(6-7-17(28)29)19(32)23-9-15(26)22-10-16(27)25-14(20(33)24-11-18(30)31)8-12-4-2-1-3-5-12/h1-5,13-14H,6-11,21H2,(H,22,26)(H,23,32)(H,24,33)(H,25,27)(H,28,29)(H,30,31)/t13-,14-/m0/s1. The zero-order chi connectivity index (χ0) is 24.8. The molecule has 0 spiro atoms. The first kappa shape index (κ1) is 27.0. The molecule has 0 saturated heterocycles. The van der Waals surface area contributed by atoms with Gasteiger partial charge in [-0.1, -0.05) is 30.3 Å². The summed E-state index contributed by atoms with van der Waals surface area (Å²) >= 11 is 0. The van der Waals surface area contributed by atoms with Crippen molar-refractivity contribution in [2.24, 2.45) is 5.73 Å². The number of amides is 4. The van der Waals surface area contributed by atoms with Crippen LogP contribution in [0.1, 0.15) is 18.4 Å². The summed E-state index contributed by atoms with van der Waals surface area (Å²) in [7, 11) is 0. The summed E-state index contributed by atoms with van der Waals surface area (Å²) in [5.41, 5.74) is 6.24. The number of carbonyl (C=O) groups is 6. The van der Waals surface area contributed by atoms with E-state index in [1.807, 2.05) is 0 Å². The molecule has 0 unspecified atom stereocenters. The van der Waals surface area contributed by atoms with E-state index in [0.717, 1.165) is 5.56 Å². The van der Waals surface area contributed by atoms with Crippen LogP contribution in [0.5, 0.6) is 0 Å². The molecular weight excluding hydrogens is 438 g/mol. The van der Waals surface area contributed by atoms with Gasteiger partial charge in [-0.3, -0.25) is 28.8 Å². The Morgan fingerprint density at radius 2 is 1.39 bits per heavy atom. The van der Waals surface area contributed by atoms with Gasteiger partial charge in [0.2, 0.25) is 23.6 Å². The minimum absolute atomic E-state index is 0.0935. The Balaban J connectivity index is 2.52. The summed E-state index contributed by atoms with van der Waals surface area (Å²) in [5.74, 6) is -5.19. The number of carbonyl (C=O) groups excluding carboxylic acids is 4. The van der Waals surface area contributed by atoms with Gasteiger partial charge >= 0.3 is 11.9 Å². The quantitative estimate of drug-likeness (QED) is 0.152. The van der Waals surface area contributed by atoms with E-state index in [9.17, 15) is 28.8 Å². The van der Waals surface area contributed by atoms with Crippen molar-refractivity contribution >= 4 is 35.6 Å². The fourth-order valence-corrected chi connectivity index (χ4v) is 2.54. The number of carboxylic acids is 2. The first-order valence-electron chi connectivity index (χ1n) is 9.93. The number of nitrogens with one attached hydrogen (secondary N) is 4. The first-order chi connectivity index (χ1) is 15.6. The third-order valence-corrected chi connectivity index (χ3v) is 4.22. The van der Waals surface area contributed by atoms with Gasteiger partial charge in [0.05, 0.1) is 19.1 Å². The van der Waals surface area contributed by atoms with E-state index in [0.29, 0.717) is 0 Å². The molecule has 0 saturated carbocycles. The molecule has 0 aliphatic rings. The van der Waals surface area contributed by atoms with Crippen LogP contribution in [0.3, 0.4) is 0 Å². The van der Waals surface area contributed by atoms with E-state index in [1.54, 1.807) is 30.3 Å². The molecule has 0 aliphatic carbocycles. The van der Waals surface area contributed by atoms with Crippen LogP contribution >= 0.6 is 0 Å². The lowest BCUT2D eigenvalue weighted by atomic mass is 10.1. The van der Waals surface area contributed by atoms with Crippen LogP contribution < -0.4 is 27.0 Å². The van der Waals surface area contributed by atoms with Crippen LogP contribution in [0.25, 0.3) is 0 Å². The number of nitrogens with two attached hydrogens (primary N) is 1. The average molecular weight is 465 g/mol. The molecule has 0 radical (unpaired) electrons. The number of aliphatic carboxylic acids is 2. The van der Waals surface area contributed by atoms with Gasteiger partial charge in [0.25, 0.3) is 0 Å². The van der Waals surface area contributed by atoms with Crippen LogP contribution in [-0.2, 0) is 35.2 Å². The average Bonchev–Trinajstić information content (AvgIpc) is 2.78. The van der Waals surface area contributed by atoms with Crippen molar-refractivity contribution in [2.45, 2.75) is 31.3 Å². The van der Waals surface area contributed by atoms with Gasteiger partial charge in [0, 0.05) is 12.8 Å². The van der Waals surface area contributed by atoms with Crippen molar-refractivity contribution in [3.05, 3.63) is 35.9 Å². The lowest BCUT2D eigenvalue weighted by Gasteiger charge is -2.18. The molecular formula is C20H27N5O8. The van der Waals surface area contributed by atoms with Crippen LogP contribution in [0.4, 0.5) is 0 Å². The predicted octanol–water partition coefficient (Wildman–Crippen LogP) is -2.66. The molecule has 0 aliphatic heterocycles. The Bertz CT molecular complexity index is 861. The summed E-state index contributed by atoms with van der Waals surface area (Å²) in [5, 5.41) is 26.4. The Labute approximate surface area is 189 Å². The molecule has 13 nitrogen and oxygen atoms in total. The van der Waals surface area contributed by atoms with Crippen molar-refractivity contribution in [2.75, 3.05) is 19.6 Å². The normalized spacial score (nSPS) is 12.0. The number of hydrogen-bond acceptors (Lipinski definition) is 7. The second-order valence-electron chi connectivity index (χ2n) is 6.95. The van der Waals surface area contributed by atoms with Crippen LogP contribution in [-0.4, -0.2) is 77.5 Å². The van der Waals surface area contributed by atoms with E-state index in [1.165, 1.54) is 0 Å². The SMILES string of the molecule is N[C@@H](CCC(=O)O)C(=O)NCC(=O)NCC(=O)N[C@@H](Cc1ccccc1)C(=O)NCC(=O)O. The fraction of sp³-hybridized carbons (Fsp3) is 0.400. The third-order valence-electron chi connectivity index (χ3n) is 4.22. The van der Waals surface area contributed by atoms with Gasteiger partial charge in [-0.15, -0.1) is 0 Å². The second kappa shape index (κ2) is 14.1. The molecule has 4 amide bonds. The molecule has 1 aromatic carbocycles. The molecule has 1 aromatic rings. The molecule has 2 atom stereocenters. The molecule has 8 N–H and O–H groups in total. The summed E-state index contributed by atoms with van der Waals surface area (Å²) in [4.78, 5) is 69.2. The second-order valence-corrected chi connectivity index (χ2v) is 6.95. The highest BCUT2D eigenvalue weighted by molar-refractivity contribution is 5.92.